The molecule has 0 bridgehead atoms. The first-order valence-electron chi connectivity index (χ1n) is 4.71. The first-order chi connectivity index (χ1) is 6.59. The average molecular weight is 304 g/mol. The highest BCUT2D eigenvalue weighted by atomic mass is 127. The van der Waals surface area contributed by atoms with Crippen molar-refractivity contribution in [2.24, 2.45) is 0 Å². The fraction of sp³-hybridized carbons (Fsp3) is 0.455. The van der Waals surface area contributed by atoms with E-state index >= 15 is 0 Å². The summed E-state index contributed by atoms with van der Waals surface area (Å²) in [6, 6.07) is 8.61. The number of hydrogen-bond donors (Lipinski definition) is 0. The molecule has 78 valence electrons. The lowest BCUT2D eigenvalue weighted by molar-refractivity contribution is 0.416. The predicted octanol–water partition coefficient (Wildman–Crippen LogP) is 2.29. The Bertz CT molecular complexity index is 269. The van der Waals surface area contributed by atoms with Gasteiger partial charge in [-0.3, -0.25) is 0 Å². The summed E-state index contributed by atoms with van der Waals surface area (Å²) in [5.74, 6) is 0. The summed E-state index contributed by atoms with van der Waals surface area (Å²) in [5.41, 5.74) is 1.28. The first-order valence-corrected chi connectivity index (χ1v) is 5.79. The van der Waals surface area contributed by atoms with Crippen LogP contribution in [0.2, 0.25) is 0 Å². The van der Waals surface area contributed by atoms with Gasteiger partial charge in [0.15, 0.2) is 0 Å². The molecule has 3 heteroatoms. The van der Waals surface area contributed by atoms with Crippen molar-refractivity contribution < 1.29 is 0 Å². The fourth-order valence-electron chi connectivity index (χ4n) is 1.17. The Kier molecular flexibility index (Phi) is 4.68. The van der Waals surface area contributed by atoms with E-state index in [1.807, 2.05) is 0 Å². The minimum Gasteiger partial charge on any atom is -0.373 e. The van der Waals surface area contributed by atoms with Gasteiger partial charge in [0, 0.05) is 29.4 Å². The molecule has 0 aliphatic carbocycles. The fourth-order valence-corrected chi connectivity index (χ4v) is 1.53. The average Bonchev–Trinajstić information content (AvgIpc) is 2.15. The third-order valence-electron chi connectivity index (χ3n) is 2.15. The molecule has 2 nitrogen and oxygen atoms in total. The van der Waals surface area contributed by atoms with Gasteiger partial charge in [0.05, 0.1) is 0 Å². The van der Waals surface area contributed by atoms with E-state index < -0.39 is 0 Å². The Hall–Kier alpha value is -0.290. The number of benzene rings is 1. The van der Waals surface area contributed by atoms with E-state index in [1.54, 1.807) is 0 Å². The van der Waals surface area contributed by atoms with Crippen molar-refractivity contribution in [1.82, 2.24) is 4.90 Å². The molecule has 0 saturated carbocycles. The molecule has 0 aromatic heterocycles. The van der Waals surface area contributed by atoms with E-state index in [4.69, 9.17) is 0 Å². The predicted molar refractivity (Wildman–Crippen MR) is 71.0 cm³/mol. The molecule has 14 heavy (non-hydrogen) atoms. The summed E-state index contributed by atoms with van der Waals surface area (Å²) in [6.45, 7) is 2.15. The first kappa shape index (κ1) is 11.8. The maximum absolute atomic E-state index is 2.33. The molecule has 0 heterocycles. The van der Waals surface area contributed by atoms with E-state index in [0.717, 1.165) is 13.1 Å². The lowest BCUT2D eigenvalue weighted by Gasteiger charge is -2.21. The van der Waals surface area contributed by atoms with Gasteiger partial charge >= 0.3 is 0 Å². The van der Waals surface area contributed by atoms with Crippen LogP contribution in [0.15, 0.2) is 24.3 Å². The largest absolute Gasteiger partial charge is 0.373 e. The van der Waals surface area contributed by atoms with Gasteiger partial charge in [0.2, 0.25) is 0 Å². The third kappa shape index (κ3) is 3.84. The molecule has 0 N–H and O–H groups in total. The Morgan fingerprint density at radius 1 is 1.00 bits per heavy atom. The minimum atomic E-state index is 1.06. The van der Waals surface area contributed by atoms with Crippen molar-refractivity contribution in [3.8, 4) is 0 Å². The second-order valence-corrected chi connectivity index (χ2v) is 4.95. The minimum absolute atomic E-state index is 1.06. The zero-order valence-corrected chi connectivity index (χ0v) is 11.2. The monoisotopic (exact) mass is 304 g/mol. The molecule has 0 amide bonds. The molecular formula is C11H17IN2. The standard InChI is InChI=1S/C11H17IN2/c1-13(2)8-9-14(3)11-6-4-10(12)5-7-11/h4-7H,8-9H2,1-3H3. The number of hydrogen-bond acceptors (Lipinski definition) is 2. The van der Waals surface area contributed by atoms with E-state index in [2.05, 4.69) is 77.8 Å². The van der Waals surface area contributed by atoms with Crippen LogP contribution in [0, 0.1) is 3.57 Å². The Morgan fingerprint density at radius 3 is 2.07 bits per heavy atom. The summed E-state index contributed by atoms with van der Waals surface area (Å²) in [5, 5.41) is 0. The van der Waals surface area contributed by atoms with Crippen molar-refractivity contribution >= 4 is 28.3 Å². The summed E-state index contributed by atoms with van der Waals surface area (Å²) in [4.78, 5) is 4.47. The number of halogens is 1. The Morgan fingerprint density at radius 2 is 1.57 bits per heavy atom. The number of nitrogens with zero attached hydrogens (tertiary/aromatic N) is 2. The van der Waals surface area contributed by atoms with Crippen LogP contribution in [-0.4, -0.2) is 39.1 Å². The Balaban J connectivity index is 2.52. The van der Waals surface area contributed by atoms with Crippen molar-refractivity contribution in [3.05, 3.63) is 27.8 Å². The van der Waals surface area contributed by atoms with Gasteiger partial charge in [-0.25, -0.2) is 0 Å². The molecule has 0 fully saturated rings. The highest BCUT2D eigenvalue weighted by molar-refractivity contribution is 14.1. The SMILES string of the molecule is CN(C)CCN(C)c1ccc(I)cc1. The molecule has 0 radical (unpaired) electrons. The van der Waals surface area contributed by atoms with Gasteiger partial charge in [0.1, 0.15) is 0 Å². The summed E-state index contributed by atoms with van der Waals surface area (Å²) in [7, 11) is 6.33. The molecule has 0 saturated heterocycles. The van der Waals surface area contributed by atoms with Crippen LogP contribution in [0.5, 0.6) is 0 Å². The topological polar surface area (TPSA) is 6.48 Å². The van der Waals surface area contributed by atoms with Crippen LogP contribution in [-0.2, 0) is 0 Å². The molecule has 0 aliphatic rings. The molecule has 1 rings (SSSR count). The molecule has 0 spiro atoms. The smallest absolute Gasteiger partial charge is 0.0364 e. The van der Waals surface area contributed by atoms with Gasteiger partial charge in [-0.1, -0.05) is 0 Å². The number of likely N-dealkylation sites (N-methyl/N-ethyl adjacent to an activating group) is 2. The number of rotatable bonds is 4. The molecule has 0 atom stereocenters. The zero-order chi connectivity index (χ0) is 10.6. The molecule has 0 unspecified atom stereocenters. The van der Waals surface area contributed by atoms with E-state index in [-0.39, 0.29) is 0 Å². The summed E-state index contributed by atoms with van der Waals surface area (Å²) >= 11 is 2.33. The second kappa shape index (κ2) is 5.56. The van der Waals surface area contributed by atoms with Gasteiger partial charge in [-0.2, -0.15) is 0 Å². The van der Waals surface area contributed by atoms with E-state index in [9.17, 15) is 0 Å². The van der Waals surface area contributed by atoms with Crippen molar-refractivity contribution in [2.75, 3.05) is 39.1 Å². The zero-order valence-electron chi connectivity index (χ0n) is 9.00. The van der Waals surface area contributed by atoms with Crippen LogP contribution in [0.25, 0.3) is 0 Å². The lowest BCUT2D eigenvalue weighted by atomic mass is 10.3. The van der Waals surface area contributed by atoms with Crippen LogP contribution in [0.3, 0.4) is 0 Å². The maximum Gasteiger partial charge on any atom is 0.0364 e. The highest BCUT2D eigenvalue weighted by Crippen LogP contribution is 2.14. The molecule has 0 aliphatic heterocycles. The van der Waals surface area contributed by atoms with Crippen LogP contribution in [0.1, 0.15) is 0 Å². The van der Waals surface area contributed by atoms with E-state index in [0.29, 0.717) is 0 Å². The molecule has 1 aromatic rings. The molecular weight excluding hydrogens is 287 g/mol. The van der Waals surface area contributed by atoms with Gasteiger partial charge in [-0.15, -0.1) is 0 Å². The quantitative estimate of drug-likeness (QED) is 0.788. The van der Waals surface area contributed by atoms with Crippen LogP contribution >= 0.6 is 22.6 Å². The third-order valence-corrected chi connectivity index (χ3v) is 2.87. The molecule has 1 aromatic carbocycles. The normalized spacial score (nSPS) is 10.6. The maximum atomic E-state index is 2.33. The van der Waals surface area contributed by atoms with Crippen LogP contribution in [0.4, 0.5) is 5.69 Å². The van der Waals surface area contributed by atoms with E-state index in [1.165, 1.54) is 9.26 Å². The van der Waals surface area contributed by atoms with Crippen molar-refractivity contribution in [2.45, 2.75) is 0 Å². The Labute approximate surface area is 100 Å². The highest BCUT2D eigenvalue weighted by Gasteiger charge is 2.00. The van der Waals surface area contributed by atoms with Crippen molar-refractivity contribution in [3.63, 3.8) is 0 Å². The van der Waals surface area contributed by atoms with Gasteiger partial charge < -0.3 is 9.80 Å². The summed E-state index contributed by atoms with van der Waals surface area (Å²) in [6.07, 6.45) is 0. The second-order valence-electron chi connectivity index (χ2n) is 3.70. The lowest BCUT2D eigenvalue weighted by Crippen LogP contribution is -2.28. The van der Waals surface area contributed by atoms with Gasteiger partial charge in [-0.05, 0) is 61.0 Å². The van der Waals surface area contributed by atoms with Crippen molar-refractivity contribution in [1.29, 1.82) is 0 Å². The van der Waals surface area contributed by atoms with Crippen LogP contribution < -0.4 is 4.90 Å². The van der Waals surface area contributed by atoms with Gasteiger partial charge in [0.25, 0.3) is 0 Å². The summed E-state index contributed by atoms with van der Waals surface area (Å²) < 4.78 is 1.28. The number of anilines is 1.